The molecular weight excluding hydrogens is 306 g/mol. The van der Waals surface area contributed by atoms with Gasteiger partial charge in [-0.2, -0.15) is 0 Å². The fourth-order valence-corrected chi connectivity index (χ4v) is 3.18. The normalized spacial score (nSPS) is 18.1. The lowest BCUT2D eigenvalue weighted by atomic mass is 9.86. The highest BCUT2D eigenvalue weighted by Gasteiger charge is 2.45. The minimum absolute atomic E-state index is 0.0614. The Bertz CT molecular complexity index is 772. The molecule has 1 saturated heterocycles. The molecule has 2 aromatic rings. The molecule has 126 valence electrons. The molecule has 3 rings (SSSR count). The van der Waals surface area contributed by atoms with E-state index in [0.29, 0.717) is 18.5 Å². The third kappa shape index (κ3) is 3.29. The van der Waals surface area contributed by atoms with Crippen LogP contribution in [0.5, 0.6) is 0 Å². The van der Waals surface area contributed by atoms with E-state index in [0.717, 1.165) is 11.4 Å². The largest absolute Gasteiger partial charge is 0.375 e. The van der Waals surface area contributed by atoms with Crippen LogP contribution < -0.4 is 5.32 Å². The number of nitrogens with one attached hydrogen (secondary N) is 1. The molecule has 0 saturated carbocycles. The number of carbonyl (C=O) groups is 2. The first-order chi connectivity index (χ1) is 11.4. The fraction of sp³-hybridized carbons (Fsp3) is 0.412. The number of carbonyl (C=O) groups excluding carboxylic acids is 2. The van der Waals surface area contributed by atoms with Gasteiger partial charge < -0.3 is 14.5 Å². The van der Waals surface area contributed by atoms with Crippen molar-refractivity contribution >= 4 is 11.6 Å². The van der Waals surface area contributed by atoms with Crippen LogP contribution in [0.4, 0.5) is 0 Å². The van der Waals surface area contributed by atoms with Gasteiger partial charge in [-0.1, -0.05) is 0 Å². The van der Waals surface area contributed by atoms with Crippen LogP contribution in [-0.2, 0) is 36.5 Å². The highest BCUT2D eigenvalue weighted by Crippen LogP contribution is 2.29. The summed E-state index contributed by atoms with van der Waals surface area (Å²) in [6.45, 7) is 1.48. The minimum Gasteiger partial charge on any atom is -0.375 e. The summed E-state index contributed by atoms with van der Waals surface area (Å²) in [5, 5.41) is 3.29. The summed E-state index contributed by atoms with van der Waals surface area (Å²) in [5.74, 6) is -0.0110. The molecule has 7 heteroatoms. The maximum Gasteiger partial charge on any atom is 0.164 e. The molecule has 3 heterocycles. The number of Topliss-reactive ketones (excluding diaryl/α,β-unsaturated/α-hetero) is 1. The second-order valence-corrected chi connectivity index (χ2v) is 6.50. The number of aryl methyl sites for hydroxylation is 2. The summed E-state index contributed by atoms with van der Waals surface area (Å²) in [6, 6.07) is 0. The van der Waals surface area contributed by atoms with Gasteiger partial charge in [-0.3, -0.25) is 9.59 Å². The summed E-state index contributed by atoms with van der Waals surface area (Å²) < 4.78 is 3.71. The average Bonchev–Trinajstić information content (AvgIpc) is 3.13. The number of allylic oxidation sites excluding steroid dienone is 2. The molecule has 0 atom stereocenters. The Morgan fingerprint density at radius 3 is 2.17 bits per heavy atom. The number of aromatic nitrogens is 4. The van der Waals surface area contributed by atoms with E-state index in [4.69, 9.17) is 0 Å². The van der Waals surface area contributed by atoms with Gasteiger partial charge in [-0.05, 0) is 6.92 Å². The fourth-order valence-electron chi connectivity index (χ4n) is 3.18. The van der Waals surface area contributed by atoms with Crippen LogP contribution in [0.25, 0.3) is 0 Å². The van der Waals surface area contributed by atoms with Gasteiger partial charge in [0.05, 0.1) is 24.0 Å². The summed E-state index contributed by atoms with van der Waals surface area (Å²) in [4.78, 5) is 32.9. The van der Waals surface area contributed by atoms with Gasteiger partial charge in [0, 0.05) is 57.5 Å². The van der Waals surface area contributed by atoms with E-state index >= 15 is 0 Å². The third-order valence-corrected chi connectivity index (χ3v) is 4.14. The molecule has 0 aliphatic carbocycles. The zero-order chi connectivity index (χ0) is 17.3. The van der Waals surface area contributed by atoms with E-state index in [1.807, 2.05) is 35.6 Å². The van der Waals surface area contributed by atoms with E-state index in [9.17, 15) is 9.59 Å². The van der Waals surface area contributed by atoms with Crippen molar-refractivity contribution in [3.05, 3.63) is 48.2 Å². The molecule has 1 fully saturated rings. The molecule has 0 aromatic carbocycles. The first-order valence-corrected chi connectivity index (χ1v) is 7.83. The first kappa shape index (κ1) is 16.2. The maximum atomic E-state index is 12.8. The van der Waals surface area contributed by atoms with Crippen molar-refractivity contribution in [1.82, 2.24) is 24.4 Å². The van der Waals surface area contributed by atoms with E-state index in [2.05, 4.69) is 15.3 Å². The van der Waals surface area contributed by atoms with E-state index < -0.39 is 5.54 Å². The van der Waals surface area contributed by atoms with Crippen molar-refractivity contribution in [2.45, 2.75) is 31.7 Å². The first-order valence-electron chi connectivity index (χ1n) is 7.83. The lowest BCUT2D eigenvalue weighted by Gasteiger charge is -2.27. The molecule has 7 nitrogen and oxygen atoms in total. The van der Waals surface area contributed by atoms with Crippen molar-refractivity contribution in [2.75, 3.05) is 0 Å². The van der Waals surface area contributed by atoms with Gasteiger partial charge in [0.1, 0.15) is 5.54 Å². The Morgan fingerprint density at radius 1 is 1.21 bits per heavy atom. The predicted octanol–water partition coefficient (Wildman–Crippen LogP) is 0.713. The smallest absolute Gasteiger partial charge is 0.164 e. The van der Waals surface area contributed by atoms with Crippen LogP contribution >= 0.6 is 0 Å². The Balaban J connectivity index is 1.94. The predicted molar refractivity (Wildman–Crippen MR) is 88.1 cm³/mol. The average molecular weight is 327 g/mol. The lowest BCUT2D eigenvalue weighted by Crippen LogP contribution is -2.49. The number of rotatable bonds is 5. The number of imidazole rings is 2. The molecular formula is C17H21N5O2. The Morgan fingerprint density at radius 2 is 1.75 bits per heavy atom. The zero-order valence-corrected chi connectivity index (χ0v) is 14.1. The maximum absolute atomic E-state index is 12.8. The second-order valence-electron chi connectivity index (χ2n) is 6.50. The number of hydrogen-bond donors (Lipinski definition) is 1. The molecule has 0 unspecified atom stereocenters. The second kappa shape index (κ2) is 6.07. The monoisotopic (exact) mass is 327 g/mol. The highest BCUT2D eigenvalue weighted by atomic mass is 16.1. The molecule has 1 N–H and O–H groups in total. The van der Waals surface area contributed by atoms with E-state index in [1.165, 1.54) is 13.0 Å². The molecule has 0 radical (unpaired) electrons. The molecule has 24 heavy (non-hydrogen) atoms. The number of hydrogen-bond acceptors (Lipinski definition) is 5. The molecule has 0 amide bonds. The van der Waals surface area contributed by atoms with E-state index in [-0.39, 0.29) is 18.0 Å². The van der Waals surface area contributed by atoms with Crippen molar-refractivity contribution in [3.8, 4) is 0 Å². The van der Waals surface area contributed by atoms with Crippen LogP contribution in [-0.4, -0.2) is 36.2 Å². The summed E-state index contributed by atoms with van der Waals surface area (Å²) in [6.07, 6.45) is 9.89. The molecule has 2 aromatic heterocycles. The quantitative estimate of drug-likeness (QED) is 0.818. The Hall–Kier alpha value is -2.70. The van der Waals surface area contributed by atoms with Crippen LogP contribution in [0.3, 0.4) is 0 Å². The molecule has 0 spiro atoms. The summed E-state index contributed by atoms with van der Waals surface area (Å²) in [7, 11) is 3.79. The number of nitrogens with zero attached hydrogens (tertiary/aromatic N) is 4. The van der Waals surface area contributed by atoms with Crippen molar-refractivity contribution in [1.29, 1.82) is 0 Å². The Labute approximate surface area is 140 Å². The van der Waals surface area contributed by atoms with Crippen molar-refractivity contribution in [2.24, 2.45) is 14.1 Å². The third-order valence-electron chi connectivity index (χ3n) is 4.14. The lowest BCUT2D eigenvalue weighted by molar-refractivity contribution is -0.122. The van der Waals surface area contributed by atoms with Crippen LogP contribution in [0.2, 0.25) is 0 Å². The zero-order valence-electron chi connectivity index (χ0n) is 14.1. The Kier molecular flexibility index (Phi) is 4.09. The van der Waals surface area contributed by atoms with Gasteiger partial charge in [-0.25, -0.2) is 9.97 Å². The van der Waals surface area contributed by atoms with Gasteiger partial charge in [-0.15, -0.1) is 0 Å². The van der Waals surface area contributed by atoms with Gasteiger partial charge in [0.2, 0.25) is 0 Å². The number of ketones is 2. The topological polar surface area (TPSA) is 81.8 Å². The molecule has 1 aliphatic heterocycles. The highest BCUT2D eigenvalue weighted by molar-refractivity contribution is 5.96. The van der Waals surface area contributed by atoms with Gasteiger partial charge >= 0.3 is 0 Å². The molecule has 0 bridgehead atoms. The van der Waals surface area contributed by atoms with Crippen LogP contribution in [0.15, 0.2) is 36.8 Å². The van der Waals surface area contributed by atoms with E-state index in [1.54, 1.807) is 12.7 Å². The molecule has 1 aliphatic rings. The summed E-state index contributed by atoms with van der Waals surface area (Å²) in [5.41, 5.74) is 1.51. The van der Waals surface area contributed by atoms with Crippen LogP contribution in [0.1, 0.15) is 24.7 Å². The van der Waals surface area contributed by atoms with Crippen LogP contribution in [0, 0.1) is 0 Å². The van der Waals surface area contributed by atoms with Crippen molar-refractivity contribution < 1.29 is 9.59 Å². The summed E-state index contributed by atoms with van der Waals surface area (Å²) >= 11 is 0. The standard InChI is InChI=1S/C17H21N5O2/c1-12(23)4-13-5-16(24)17(20-13,6-14-8-21(2)10-18-14)7-15-9-22(3)11-19-15/h4,8-11,20H,5-7H2,1-3H3/b13-4-. The minimum atomic E-state index is -0.815. The van der Waals surface area contributed by atoms with Gasteiger partial charge in [0.25, 0.3) is 0 Å². The van der Waals surface area contributed by atoms with Crippen molar-refractivity contribution in [3.63, 3.8) is 0 Å². The SMILES string of the molecule is CC(=O)/C=C1/CC(=O)C(Cc2cn(C)cn2)(Cc2cn(C)cn2)N1. The van der Waals surface area contributed by atoms with Gasteiger partial charge in [0.15, 0.2) is 11.6 Å².